The van der Waals surface area contributed by atoms with Gasteiger partial charge in [-0.2, -0.15) is 13.2 Å². The van der Waals surface area contributed by atoms with E-state index in [0.717, 1.165) is 0 Å². The second-order valence-electron chi connectivity index (χ2n) is 5.87. The number of carbonyl (C=O) groups excluding carboxylic acids is 2. The predicted molar refractivity (Wildman–Crippen MR) is 86.8 cm³/mol. The van der Waals surface area contributed by atoms with Gasteiger partial charge in [-0.1, -0.05) is 24.3 Å². The third-order valence-corrected chi connectivity index (χ3v) is 3.92. The summed E-state index contributed by atoms with van der Waals surface area (Å²) in [5, 5.41) is 13.4. The number of carboxylic acids is 1. The Balaban J connectivity index is 1.91. The number of benzene rings is 2. The van der Waals surface area contributed by atoms with Crippen molar-refractivity contribution in [1.82, 2.24) is 4.90 Å². The Labute approximate surface area is 152 Å². The number of nitrogens with one attached hydrogen (secondary N) is 1. The van der Waals surface area contributed by atoms with E-state index < -0.39 is 37.4 Å². The van der Waals surface area contributed by atoms with Crippen LogP contribution in [-0.4, -0.2) is 36.1 Å². The lowest BCUT2D eigenvalue weighted by Crippen LogP contribution is -2.47. The van der Waals surface area contributed by atoms with Crippen molar-refractivity contribution in [3.05, 3.63) is 59.7 Å². The maximum absolute atomic E-state index is 13.0. The molecule has 0 radical (unpaired) electrons. The molecular formula is C18H14F3N2O4-. The highest BCUT2D eigenvalue weighted by molar-refractivity contribution is 6.01. The average molecular weight is 379 g/mol. The molecule has 0 saturated carbocycles. The fourth-order valence-corrected chi connectivity index (χ4v) is 2.80. The number of halogens is 3. The number of rotatable bonds is 5. The predicted octanol–water partition coefficient (Wildman–Crippen LogP) is 1.94. The summed E-state index contributed by atoms with van der Waals surface area (Å²) in [7, 11) is 0. The highest BCUT2D eigenvalue weighted by Crippen LogP contribution is 2.35. The number of nitrogens with zero attached hydrogens (tertiary/aromatic N) is 1. The van der Waals surface area contributed by atoms with Crippen LogP contribution in [0.2, 0.25) is 0 Å². The molecule has 1 heterocycles. The summed E-state index contributed by atoms with van der Waals surface area (Å²) in [6.07, 6.45) is -5.61. The highest BCUT2D eigenvalue weighted by atomic mass is 19.4. The number of anilines is 1. The Morgan fingerprint density at radius 2 is 1.81 bits per heavy atom. The maximum atomic E-state index is 13.0. The van der Waals surface area contributed by atoms with Crippen molar-refractivity contribution in [3.8, 4) is 5.75 Å². The smallest absolute Gasteiger partial charge is 0.406 e. The first-order valence-electron chi connectivity index (χ1n) is 7.90. The van der Waals surface area contributed by atoms with Crippen molar-refractivity contribution in [2.24, 2.45) is 0 Å². The van der Waals surface area contributed by atoms with E-state index in [1.165, 1.54) is 30.3 Å². The minimum absolute atomic E-state index is 0.159. The van der Waals surface area contributed by atoms with Crippen molar-refractivity contribution in [1.29, 1.82) is 0 Å². The molecule has 142 valence electrons. The fourth-order valence-electron chi connectivity index (χ4n) is 2.80. The van der Waals surface area contributed by atoms with Gasteiger partial charge in [0.05, 0.1) is 11.5 Å². The standard InChI is InChI=1S/C18H15F3N2O4/c19-18(20,21)10-23-16(22-14-4-2-1-3-13(14)17(23)26)11-5-7-12(8-6-11)27-9-15(24)25/h1-8,16,22H,9-10H2,(H,24,25)/p-1/t16-/m1/s1. The number of fused-ring (bicyclic) bond motifs is 1. The minimum Gasteiger partial charge on any atom is -0.546 e. The molecule has 1 aliphatic heterocycles. The van der Waals surface area contributed by atoms with Crippen molar-refractivity contribution < 1.29 is 32.6 Å². The van der Waals surface area contributed by atoms with E-state index in [1.807, 2.05) is 0 Å². The first-order valence-corrected chi connectivity index (χ1v) is 7.90. The van der Waals surface area contributed by atoms with Crippen LogP contribution in [0.25, 0.3) is 0 Å². The molecule has 0 fully saturated rings. The Kier molecular flexibility index (Phi) is 4.93. The second kappa shape index (κ2) is 7.18. The summed E-state index contributed by atoms with van der Waals surface area (Å²) >= 11 is 0. The molecule has 0 aliphatic carbocycles. The lowest BCUT2D eigenvalue weighted by molar-refractivity contribution is -0.307. The summed E-state index contributed by atoms with van der Waals surface area (Å²) in [4.78, 5) is 23.7. The Hall–Kier alpha value is -3.23. The monoisotopic (exact) mass is 379 g/mol. The van der Waals surface area contributed by atoms with Gasteiger partial charge < -0.3 is 24.9 Å². The Morgan fingerprint density at radius 3 is 2.44 bits per heavy atom. The van der Waals surface area contributed by atoms with E-state index in [9.17, 15) is 27.9 Å². The summed E-state index contributed by atoms with van der Waals surface area (Å²) in [5.74, 6) is -1.91. The van der Waals surface area contributed by atoms with Crippen LogP contribution in [0.15, 0.2) is 48.5 Å². The fraction of sp³-hybridized carbons (Fsp3) is 0.222. The van der Waals surface area contributed by atoms with Crippen molar-refractivity contribution in [2.45, 2.75) is 12.3 Å². The number of carbonyl (C=O) groups is 2. The molecule has 0 bridgehead atoms. The van der Waals surface area contributed by atoms with Crippen LogP contribution in [0.5, 0.6) is 5.75 Å². The highest BCUT2D eigenvalue weighted by Gasteiger charge is 2.40. The van der Waals surface area contributed by atoms with Gasteiger partial charge in [-0.15, -0.1) is 0 Å². The number of ether oxygens (including phenoxy) is 1. The topological polar surface area (TPSA) is 81.7 Å². The number of hydrogen-bond acceptors (Lipinski definition) is 5. The SMILES string of the molecule is O=C([O-])COc1ccc([C@@H]2Nc3ccccc3C(=O)N2CC(F)(F)F)cc1. The number of aliphatic carboxylic acids is 1. The van der Waals surface area contributed by atoms with E-state index in [-0.39, 0.29) is 11.3 Å². The normalized spacial score (nSPS) is 16.5. The van der Waals surface area contributed by atoms with Crippen molar-refractivity contribution >= 4 is 17.6 Å². The van der Waals surface area contributed by atoms with Crippen LogP contribution in [0.4, 0.5) is 18.9 Å². The minimum atomic E-state index is -4.57. The van der Waals surface area contributed by atoms with Gasteiger partial charge in [0, 0.05) is 5.69 Å². The van der Waals surface area contributed by atoms with Gasteiger partial charge >= 0.3 is 6.18 Å². The zero-order valence-electron chi connectivity index (χ0n) is 13.8. The van der Waals surface area contributed by atoms with Crippen LogP contribution in [0.3, 0.4) is 0 Å². The van der Waals surface area contributed by atoms with E-state index in [4.69, 9.17) is 4.74 Å². The van der Waals surface area contributed by atoms with E-state index in [0.29, 0.717) is 16.2 Å². The molecule has 0 spiro atoms. The van der Waals surface area contributed by atoms with Crippen molar-refractivity contribution in [2.75, 3.05) is 18.5 Å². The summed E-state index contributed by atoms with van der Waals surface area (Å²) < 4.78 is 44.0. The number of hydrogen-bond donors (Lipinski definition) is 1. The lowest BCUT2D eigenvalue weighted by atomic mass is 10.0. The molecule has 1 atom stereocenters. The molecule has 6 nitrogen and oxygen atoms in total. The summed E-state index contributed by atoms with van der Waals surface area (Å²) in [6, 6.07) is 12.1. The van der Waals surface area contributed by atoms with Crippen LogP contribution in [0, 0.1) is 0 Å². The maximum Gasteiger partial charge on any atom is 0.406 e. The van der Waals surface area contributed by atoms with E-state index in [2.05, 4.69) is 5.32 Å². The third-order valence-electron chi connectivity index (χ3n) is 3.92. The molecule has 1 amide bonds. The van der Waals surface area contributed by atoms with Crippen LogP contribution in [0.1, 0.15) is 22.1 Å². The van der Waals surface area contributed by atoms with Crippen LogP contribution in [-0.2, 0) is 4.79 Å². The van der Waals surface area contributed by atoms with Gasteiger partial charge in [0.1, 0.15) is 25.1 Å². The summed E-state index contributed by atoms with van der Waals surface area (Å²) in [5.41, 5.74) is 0.984. The zero-order chi connectivity index (χ0) is 19.6. The van der Waals surface area contributed by atoms with Gasteiger partial charge in [-0.25, -0.2) is 0 Å². The molecular weight excluding hydrogens is 365 g/mol. The van der Waals surface area contributed by atoms with Gasteiger partial charge in [0.15, 0.2) is 0 Å². The number of carboxylic acid groups (broad SMARTS) is 1. The van der Waals surface area contributed by atoms with Gasteiger partial charge in [0.2, 0.25) is 0 Å². The average Bonchev–Trinajstić information content (AvgIpc) is 2.62. The zero-order valence-corrected chi connectivity index (χ0v) is 13.8. The van der Waals surface area contributed by atoms with E-state index >= 15 is 0 Å². The number of para-hydroxylation sites is 1. The Morgan fingerprint density at radius 1 is 1.15 bits per heavy atom. The van der Waals surface area contributed by atoms with Crippen LogP contribution < -0.4 is 15.2 Å². The molecule has 0 aromatic heterocycles. The third kappa shape index (κ3) is 4.30. The molecule has 2 aromatic carbocycles. The molecule has 2 aromatic rings. The molecule has 1 aliphatic rings. The number of alkyl halides is 3. The lowest BCUT2D eigenvalue weighted by Gasteiger charge is -2.38. The molecule has 27 heavy (non-hydrogen) atoms. The van der Waals surface area contributed by atoms with Gasteiger partial charge in [0.25, 0.3) is 5.91 Å². The summed E-state index contributed by atoms with van der Waals surface area (Å²) in [6.45, 7) is -2.06. The second-order valence-corrected chi connectivity index (χ2v) is 5.87. The van der Waals surface area contributed by atoms with Gasteiger partial charge in [-0.05, 0) is 29.8 Å². The van der Waals surface area contributed by atoms with Crippen LogP contribution >= 0.6 is 0 Å². The largest absolute Gasteiger partial charge is 0.546 e. The van der Waals surface area contributed by atoms with E-state index in [1.54, 1.807) is 18.2 Å². The molecule has 0 unspecified atom stereocenters. The quantitative estimate of drug-likeness (QED) is 0.859. The first-order chi connectivity index (χ1) is 12.7. The van der Waals surface area contributed by atoms with Crippen molar-refractivity contribution in [3.63, 3.8) is 0 Å². The van der Waals surface area contributed by atoms with Gasteiger partial charge in [-0.3, -0.25) is 4.79 Å². The molecule has 0 saturated heterocycles. The molecule has 3 rings (SSSR count). The first kappa shape index (κ1) is 18.6. The molecule has 9 heteroatoms. The number of amides is 1. The molecule has 1 N–H and O–H groups in total. The Bertz CT molecular complexity index is 852.